The van der Waals surface area contributed by atoms with E-state index in [1.54, 1.807) is 23.1 Å². The SMILES string of the molecule is O=C(CO)N1CCN(C(=O)COc2cc(Cl)cc(Cl)c2)CC1. The summed E-state index contributed by atoms with van der Waals surface area (Å²) in [5.74, 6) is -0.0657. The summed E-state index contributed by atoms with van der Waals surface area (Å²) in [5.41, 5.74) is 0. The molecule has 120 valence electrons. The number of ether oxygens (including phenoxy) is 1. The number of benzene rings is 1. The van der Waals surface area contributed by atoms with Crippen LogP contribution in [0.25, 0.3) is 0 Å². The molecule has 6 nitrogen and oxygen atoms in total. The van der Waals surface area contributed by atoms with Crippen molar-refractivity contribution < 1.29 is 19.4 Å². The molecule has 1 aromatic carbocycles. The molecule has 1 fully saturated rings. The Bertz CT molecular complexity index is 540. The van der Waals surface area contributed by atoms with E-state index >= 15 is 0 Å². The van der Waals surface area contributed by atoms with E-state index in [0.717, 1.165) is 0 Å². The fraction of sp³-hybridized carbons (Fsp3) is 0.429. The summed E-state index contributed by atoms with van der Waals surface area (Å²) >= 11 is 11.7. The van der Waals surface area contributed by atoms with Crippen molar-refractivity contribution in [2.24, 2.45) is 0 Å². The summed E-state index contributed by atoms with van der Waals surface area (Å²) < 4.78 is 5.40. The Morgan fingerprint density at radius 3 is 2.00 bits per heavy atom. The van der Waals surface area contributed by atoms with Crippen LogP contribution >= 0.6 is 23.2 Å². The van der Waals surface area contributed by atoms with Crippen LogP contribution in [0.2, 0.25) is 10.0 Å². The molecule has 1 saturated heterocycles. The lowest BCUT2D eigenvalue weighted by atomic mass is 10.3. The third-order valence-electron chi connectivity index (χ3n) is 3.32. The molecular formula is C14H16Cl2N2O4. The van der Waals surface area contributed by atoms with Crippen molar-refractivity contribution in [3.63, 3.8) is 0 Å². The maximum Gasteiger partial charge on any atom is 0.260 e. The third kappa shape index (κ3) is 4.50. The van der Waals surface area contributed by atoms with Gasteiger partial charge in [-0.15, -0.1) is 0 Å². The van der Waals surface area contributed by atoms with E-state index in [0.29, 0.717) is 42.0 Å². The lowest BCUT2D eigenvalue weighted by molar-refractivity contribution is -0.142. The zero-order valence-electron chi connectivity index (χ0n) is 11.8. The van der Waals surface area contributed by atoms with Crippen LogP contribution < -0.4 is 4.74 Å². The number of carbonyl (C=O) groups excluding carboxylic acids is 2. The van der Waals surface area contributed by atoms with Crippen LogP contribution in [0.4, 0.5) is 0 Å². The molecule has 0 aromatic heterocycles. The monoisotopic (exact) mass is 346 g/mol. The van der Waals surface area contributed by atoms with Crippen molar-refractivity contribution in [3.05, 3.63) is 28.2 Å². The van der Waals surface area contributed by atoms with E-state index < -0.39 is 6.61 Å². The van der Waals surface area contributed by atoms with Gasteiger partial charge >= 0.3 is 0 Å². The Hall–Kier alpha value is -1.50. The van der Waals surface area contributed by atoms with Gasteiger partial charge in [-0.25, -0.2) is 0 Å². The number of nitrogens with zero attached hydrogens (tertiary/aromatic N) is 2. The minimum Gasteiger partial charge on any atom is -0.484 e. The van der Waals surface area contributed by atoms with Crippen molar-refractivity contribution in [1.82, 2.24) is 9.80 Å². The highest BCUT2D eigenvalue weighted by molar-refractivity contribution is 6.34. The topological polar surface area (TPSA) is 70.1 Å². The first-order valence-corrected chi connectivity index (χ1v) is 7.50. The number of amides is 2. The Kier molecular flexibility index (Phi) is 5.88. The molecule has 0 saturated carbocycles. The molecule has 2 amide bonds. The Morgan fingerprint density at radius 2 is 1.50 bits per heavy atom. The van der Waals surface area contributed by atoms with E-state index in [1.807, 2.05) is 0 Å². The van der Waals surface area contributed by atoms with Gasteiger partial charge in [-0.3, -0.25) is 9.59 Å². The molecule has 1 aliphatic rings. The Labute approximate surface area is 138 Å². The fourth-order valence-electron chi connectivity index (χ4n) is 2.15. The predicted octanol–water partition coefficient (Wildman–Crippen LogP) is 1.04. The van der Waals surface area contributed by atoms with Gasteiger partial charge in [-0.05, 0) is 18.2 Å². The van der Waals surface area contributed by atoms with Gasteiger partial charge in [0.15, 0.2) is 6.61 Å². The van der Waals surface area contributed by atoms with Crippen molar-refractivity contribution in [2.75, 3.05) is 39.4 Å². The van der Waals surface area contributed by atoms with Gasteiger partial charge in [-0.1, -0.05) is 23.2 Å². The number of aliphatic hydroxyl groups excluding tert-OH is 1. The summed E-state index contributed by atoms with van der Waals surface area (Å²) in [7, 11) is 0. The summed E-state index contributed by atoms with van der Waals surface area (Å²) in [6.07, 6.45) is 0. The molecule has 0 aliphatic carbocycles. The van der Waals surface area contributed by atoms with Crippen LogP contribution in [-0.4, -0.2) is 66.1 Å². The van der Waals surface area contributed by atoms with Crippen LogP contribution in [0.1, 0.15) is 0 Å². The van der Waals surface area contributed by atoms with Crippen molar-refractivity contribution in [2.45, 2.75) is 0 Å². The smallest absolute Gasteiger partial charge is 0.260 e. The van der Waals surface area contributed by atoms with Crippen molar-refractivity contribution >= 4 is 35.0 Å². The zero-order chi connectivity index (χ0) is 16.1. The number of carbonyl (C=O) groups is 2. The second-order valence-corrected chi connectivity index (χ2v) is 5.69. The van der Waals surface area contributed by atoms with Gasteiger partial charge in [0.2, 0.25) is 5.91 Å². The third-order valence-corrected chi connectivity index (χ3v) is 3.76. The molecule has 1 N–H and O–H groups in total. The van der Waals surface area contributed by atoms with E-state index in [1.165, 1.54) is 4.90 Å². The quantitative estimate of drug-likeness (QED) is 0.884. The summed E-state index contributed by atoms with van der Waals surface area (Å²) in [6.45, 7) is 1.04. The number of hydrogen-bond donors (Lipinski definition) is 1. The second-order valence-electron chi connectivity index (χ2n) is 4.81. The standard InChI is InChI=1S/C14H16Cl2N2O4/c15-10-5-11(16)7-12(6-10)22-9-14(21)18-3-1-17(2-4-18)13(20)8-19/h5-7,19H,1-4,8-9H2. The molecule has 1 aromatic rings. The number of piperazine rings is 1. The molecule has 0 radical (unpaired) electrons. The zero-order valence-corrected chi connectivity index (χ0v) is 13.3. The highest BCUT2D eigenvalue weighted by atomic mass is 35.5. The number of halogens is 2. The molecule has 22 heavy (non-hydrogen) atoms. The van der Waals surface area contributed by atoms with Crippen LogP contribution in [-0.2, 0) is 9.59 Å². The highest BCUT2D eigenvalue weighted by Crippen LogP contribution is 2.24. The molecule has 8 heteroatoms. The molecular weight excluding hydrogens is 331 g/mol. The normalized spacial score (nSPS) is 14.9. The summed E-state index contributed by atoms with van der Waals surface area (Å²) in [4.78, 5) is 26.6. The van der Waals surface area contributed by atoms with Crippen LogP contribution in [0.5, 0.6) is 5.75 Å². The van der Waals surface area contributed by atoms with Crippen LogP contribution in [0.3, 0.4) is 0 Å². The summed E-state index contributed by atoms with van der Waals surface area (Å²) in [6, 6.07) is 4.74. The minimum atomic E-state index is -0.507. The maximum atomic E-state index is 12.1. The Balaban J connectivity index is 1.82. The van der Waals surface area contributed by atoms with Gasteiger partial charge < -0.3 is 19.6 Å². The van der Waals surface area contributed by atoms with Crippen LogP contribution in [0, 0.1) is 0 Å². The first-order chi connectivity index (χ1) is 10.5. The van der Waals surface area contributed by atoms with Gasteiger partial charge in [-0.2, -0.15) is 0 Å². The fourth-order valence-corrected chi connectivity index (χ4v) is 2.66. The minimum absolute atomic E-state index is 0.120. The summed E-state index contributed by atoms with van der Waals surface area (Å²) in [5, 5.41) is 9.68. The number of hydrogen-bond acceptors (Lipinski definition) is 4. The van der Waals surface area contributed by atoms with Gasteiger partial charge in [0.05, 0.1) is 0 Å². The Morgan fingerprint density at radius 1 is 1.00 bits per heavy atom. The molecule has 0 spiro atoms. The average molecular weight is 347 g/mol. The maximum absolute atomic E-state index is 12.1. The highest BCUT2D eigenvalue weighted by Gasteiger charge is 2.23. The largest absolute Gasteiger partial charge is 0.484 e. The van der Waals surface area contributed by atoms with Crippen molar-refractivity contribution in [1.29, 1.82) is 0 Å². The predicted molar refractivity (Wildman–Crippen MR) is 82.2 cm³/mol. The number of rotatable bonds is 4. The molecule has 1 aliphatic heterocycles. The van der Waals surface area contributed by atoms with Gasteiger partial charge in [0.25, 0.3) is 5.91 Å². The van der Waals surface area contributed by atoms with E-state index in [4.69, 9.17) is 33.0 Å². The van der Waals surface area contributed by atoms with Crippen LogP contribution in [0.15, 0.2) is 18.2 Å². The van der Waals surface area contributed by atoms with Gasteiger partial charge in [0.1, 0.15) is 12.4 Å². The molecule has 0 atom stereocenters. The molecule has 0 unspecified atom stereocenters. The van der Waals surface area contributed by atoms with E-state index in [9.17, 15) is 9.59 Å². The average Bonchev–Trinajstić information content (AvgIpc) is 2.51. The molecule has 2 rings (SSSR count). The number of aliphatic hydroxyl groups is 1. The first-order valence-electron chi connectivity index (χ1n) is 6.75. The first kappa shape index (κ1) is 16.9. The van der Waals surface area contributed by atoms with Crippen molar-refractivity contribution in [3.8, 4) is 5.75 Å². The lowest BCUT2D eigenvalue weighted by Crippen LogP contribution is -2.52. The van der Waals surface area contributed by atoms with E-state index in [-0.39, 0.29) is 18.4 Å². The lowest BCUT2D eigenvalue weighted by Gasteiger charge is -2.34. The van der Waals surface area contributed by atoms with E-state index in [2.05, 4.69) is 0 Å². The van der Waals surface area contributed by atoms with Gasteiger partial charge in [0, 0.05) is 36.2 Å². The molecule has 1 heterocycles. The second kappa shape index (κ2) is 7.67. The molecule has 0 bridgehead atoms.